The van der Waals surface area contributed by atoms with E-state index in [4.69, 9.17) is 10.3 Å². The molecular formula is C23H31N5O4S. The van der Waals surface area contributed by atoms with E-state index in [1.807, 2.05) is 25.1 Å². The number of aliphatic hydroxyl groups excluding tert-OH is 1. The van der Waals surface area contributed by atoms with Crippen molar-refractivity contribution in [2.75, 3.05) is 39.8 Å². The van der Waals surface area contributed by atoms with Gasteiger partial charge in [0.25, 0.3) is 0 Å². The molecule has 0 radical (unpaired) electrons. The molecule has 0 spiro atoms. The second kappa shape index (κ2) is 11.5. The van der Waals surface area contributed by atoms with Crippen LogP contribution in [0.5, 0.6) is 5.75 Å². The molecule has 0 amide bonds. The van der Waals surface area contributed by atoms with Crippen molar-refractivity contribution in [2.45, 2.75) is 31.3 Å². The van der Waals surface area contributed by atoms with E-state index >= 15 is 0 Å². The molecule has 3 rings (SSSR count). The molecule has 2 aromatic rings. The second-order valence-corrected chi connectivity index (χ2v) is 9.99. The van der Waals surface area contributed by atoms with Gasteiger partial charge in [0, 0.05) is 30.1 Å². The van der Waals surface area contributed by atoms with Crippen LogP contribution < -0.4 is 9.46 Å². The maximum Gasteiger partial charge on any atom is 0.240 e. The molecule has 0 saturated carbocycles. The number of benzene rings is 2. The number of hydrogen-bond acceptors (Lipinski definition) is 6. The highest BCUT2D eigenvalue weighted by Gasteiger charge is 2.21. The van der Waals surface area contributed by atoms with Crippen LogP contribution in [-0.4, -0.2) is 58.3 Å². The summed E-state index contributed by atoms with van der Waals surface area (Å²) in [5, 5.41) is 13.4. The third kappa shape index (κ3) is 6.25. The van der Waals surface area contributed by atoms with Crippen LogP contribution in [-0.2, 0) is 16.6 Å². The third-order valence-electron chi connectivity index (χ3n) is 6.11. The maximum absolute atomic E-state index is 12.8. The Labute approximate surface area is 195 Å². The fourth-order valence-electron chi connectivity index (χ4n) is 4.23. The number of sulfonamides is 1. The van der Waals surface area contributed by atoms with Gasteiger partial charge in [-0.3, -0.25) is 0 Å². The zero-order valence-electron chi connectivity index (χ0n) is 19.1. The van der Waals surface area contributed by atoms with E-state index in [0.29, 0.717) is 31.3 Å². The van der Waals surface area contributed by atoms with Crippen LogP contribution in [0.3, 0.4) is 0 Å². The Bertz CT molecular complexity index is 1090. The van der Waals surface area contributed by atoms with Crippen molar-refractivity contribution in [1.82, 2.24) is 9.62 Å². The first-order chi connectivity index (χ1) is 15.9. The molecule has 9 nitrogen and oxygen atoms in total. The van der Waals surface area contributed by atoms with Gasteiger partial charge in [-0.15, -0.1) is 0 Å². The minimum Gasteiger partial charge on any atom is -0.496 e. The van der Waals surface area contributed by atoms with Crippen molar-refractivity contribution in [3.63, 3.8) is 0 Å². The lowest BCUT2D eigenvalue weighted by molar-refractivity contribution is 0.190. The normalized spacial score (nSPS) is 15.2. The highest BCUT2D eigenvalue weighted by Crippen LogP contribution is 2.36. The number of likely N-dealkylation sites (tertiary alicyclic amines) is 1. The Kier molecular flexibility index (Phi) is 8.71. The summed E-state index contributed by atoms with van der Waals surface area (Å²) in [6.07, 6.45) is 1.90. The van der Waals surface area contributed by atoms with Crippen LogP contribution in [0.15, 0.2) is 46.4 Å². The van der Waals surface area contributed by atoms with E-state index in [0.717, 1.165) is 48.2 Å². The molecule has 33 heavy (non-hydrogen) atoms. The number of nitrogens with one attached hydrogen (secondary N) is 1. The SMILES string of the molecule is COc1cccc(CO)c1-c1ccc(S(=O)(=O)NCCN2CCC(CN=[N+]=[N-])CC2)cc1C. The van der Waals surface area contributed by atoms with Gasteiger partial charge in [0.15, 0.2) is 0 Å². The highest BCUT2D eigenvalue weighted by atomic mass is 32.2. The van der Waals surface area contributed by atoms with Crippen LogP contribution in [0.2, 0.25) is 0 Å². The molecule has 178 valence electrons. The summed E-state index contributed by atoms with van der Waals surface area (Å²) in [7, 11) is -2.08. The minimum absolute atomic E-state index is 0.142. The van der Waals surface area contributed by atoms with Crippen LogP contribution in [0.4, 0.5) is 0 Å². The van der Waals surface area contributed by atoms with Crippen molar-refractivity contribution in [2.24, 2.45) is 11.0 Å². The first kappa shape index (κ1) is 25.0. The van der Waals surface area contributed by atoms with Crippen molar-refractivity contribution in [3.8, 4) is 16.9 Å². The average Bonchev–Trinajstić information content (AvgIpc) is 2.83. The predicted octanol–water partition coefficient (Wildman–Crippen LogP) is 3.46. The number of piperidine rings is 1. The molecule has 1 aliphatic rings. The smallest absolute Gasteiger partial charge is 0.240 e. The van der Waals surface area contributed by atoms with Gasteiger partial charge in [-0.25, -0.2) is 13.1 Å². The van der Waals surface area contributed by atoms with Gasteiger partial charge in [-0.2, -0.15) is 0 Å². The summed E-state index contributed by atoms with van der Waals surface area (Å²) in [5.41, 5.74) is 11.5. The predicted molar refractivity (Wildman–Crippen MR) is 127 cm³/mol. The molecule has 0 bridgehead atoms. The third-order valence-corrected chi connectivity index (χ3v) is 7.57. The lowest BCUT2D eigenvalue weighted by Gasteiger charge is -2.31. The summed E-state index contributed by atoms with van der Waals surface area (Å²) >= 11 is 0. The van der Waals surface area contributed by atoms with Gasteiger partial charge in [0.05, 0.1) is 18.6 Å². The number of aliphatic hydroxyl groups is 1. The Balaban J connectivity index is 1.65. The van der Waals surface area contributed by atoms with Gasteiger partial charge in [-0.1, -0.05) is 23.3 Å². The fraction of sp³-hybridized carbons (Fsp3) is 0.478. The van der Waals surface area contributed by atoms with Crippen molar-refractivity contribution in [1.29, 1.82) is 0 Å². The van der Waals surface area contributed by atoms with E-state index in [9.17, 15) is 13.5 Å². The summed E-state index contributed by atoms with van der Waals surface area (Å²) in [5.74, 6) is 1.03. The largest absolute Gasteiger partial charge is 0.496 e. The zero-order chi connectivity index (χ0) is 23.8. The van der Waals surface area contributed by atoms with Crippen LogP contribution in [0, 0.1) is 12.8 Å². The van der Waals surface area contributed by atoms with Gasteiger partial charge < -0.3 is 14.7 Å². The molecule has 2 N–H and O–H groups in total. The molecule has 1 fully saturated rings. The van der Waals surface area contributed by atoms with Gasteiger partial charge >= 0.3 is 0 Å². The number of hydrogen-bond donors (Lipinski definition) is 2. The van der Waals surface area contributed by atoms with Gasteiger partial charge in [-0.05, 0) is 79.2 Å². The van der Waals surface area contributed by atoms with Crippen LogP contribution >= 0.6 is 0 Å². The fourth-order valence-corrected chi connectivity index (χ4v) is 5.34. The maximum atomic E-state index is 12.8. The lowest BCUT2D eigenvalue weighted by atomic mass is 9.95. The van der Waals surface area contributed by atoms with Crippen molar-refractivity contribution in [3.05, 3.63) is 58.0 Å². The van der Waals surface area contributed by atoms with Gasteiger partial charge in [0.1, 0.15) is 5.75 Å². The zero-order valence-corrected chi connectivity index (χ0v) is 19.9. The summed E-state index contributed by atoms with van der Waals surface area (Å²) in [4.78, 5) is 5.25. The van der Waals surface area contributed by atoms with Crippen molar-refractivity contribution >= 4 is 10.0 Å². The van der Waals surface area contributed by atoms with Crippen LogP contribution in [0.25, 0.3) is 21.6 Å². The Morgan fingerprint density at radius 3 is 2.67 bits per heavy atom. The van der Waals surface area contributed by atoms with E-state index in [1.54, 1.807) is 25.3 Å². The van der Waals surface area contributed by atoms with Crippen molar-refractivity contribution < 1.29 is 18.3 Å². The Morgan fingerprint density at radius 2 is 2.03 bits per heavy atom. The topological polar surface area (TPSA) is 128 Å². The number of methoxy groups -OCH3 is 1. The number of nitrogens with zero attached hydrogens (tertiary/aromatic N) is 4. The molecule has 2 aromatic carbocycles. The minimum atomic E-state index is -3.65. The highest BCUT2D eigenvalue weighted by molar-refractivity contribution is 7.89. The van der Waals surface area contributed by atoms with E-state index in [-0.39, 0.29) is 11.5 Å². The van der Waals surface area contributed by atoms with E-state index in [1.165, 1.54) is 0 Å². The number of azide groups is 1. The second-order valence-electron chi connectivity index (χ2n) is 8.23. The van der Waals surface area contributed by atoms with E-state index in [2.05, 4.69) is 19.6 Å². The molecule has 0 atom stereocenters. The number of aryl methyl sites for hydroxylation is 1. The molecule has 10 heteroatoms. The van der Waals surface area contributed by atoms with Crippen LogP contribution in [0.1, 0.15) is 24.0 Å². The number of ether oxygens (including phenoxy) is 1. The average molecular weight is 474 g/mol. The van der Waals surface area contributed by atoms with E-state index < -0.39 is 10.0 Å². The number of rotatable bonds is 10. The summed E-state index contributed by atoms with van der Waals surface area (Å²) < 4.78 is 33.9. The molecule has 0 aliphatic carbocycles. The first-order valence-corrected chi connectivity index (χ1v) is 12.5. The molecule has 1 aliphatic heterocycles. The Morgan fingerprint density at radius 1 is 1.27 bits per heavy atom. The summed E-state index contributed by atoms with van der Waals surface area (Å²) in [6.45, 7) is 4.93. The summed E-state index contributed by atoms with van der Waals surface area (Å²) in [6, 6.07) is 10.4. The standard InChI is InChI=1S/C23H31N5O4S/c1-17-14-20(6-7-21(17)23-19(16-29)4-3-5-22(23)32-2)33(30,31)26-10-13-28-11-8-18(9-12-28)15-25-27-24/h3-7,14,18,26,29H,8-13,15-16H2,1-2H3. The molecule has 0 unspecified atom stereocenters. The Hall–Kier alpha value is -2.62. The molecule has 0 aromatic heterocycles. The monoisotopic (exact) mass is 473 g/mol. The quantitative estimate of drug-likeness (QED) is 0.310. The molecule has 1 saturated heterocycles. The molecular weight excluding hydrogens is 442 g/mol. The molecule has 1 heterocycles. The van der Waals surface area contributed by atoms with Gasteiger partial charge in [0.2, 0.25) is 10.0 Å². The lowest BCUT2D eigenvalue weighted by Crippen LogP contribution is -2.40. The first-order valence-electron chi connectivity index (χ1n) is 11.0.